The number of anilines is 1. The highest BCUT2D eigenvalue weighted by molar-refractivity contribution is 5.75. The molecule has 1 fully saturated rings. The van der Waals surface area contributed by atoms with Gasteiger partial charge in [0, 0.05) is 45.5 Å². The van der Waals surface area contributed by atoms with Gasteiger partial charge in [-0.2, -0.15) is 18.4 Å². The van der Waals surface area contributed by atoms with Gasteiger partial charge >= 0.3 is 12.2 Å². The van der Waals surface area contributed by atoms with Crippen LogP contribution >= 0.6 is 0 Å². The van der Waals surface area contributed by atoms with Crippen molar-refractivity contribution in [3.63, 3.8) is 0 Å². The van der Waals surface area contributed by atoms with Crippen molar-refractivity contribution in [1.82, 2.24) is 9.80 Å². The lowest BCUT2D eigenvalue weighted by atomic mass is 10.0. The summed E-state index contributed by atoms with van der Waals surface area (Å²) in [6, 6.07) is 4.93. The van der Waals surface area contributed by atoms with Gasteiger partial charge in [-0.25, -0.2) is 4.79 Å². The van der Waals surface area contributed by atoms with E-state index in [0.29, 0.717) is 38.4 Å². The molecule has 1 atom stereocenters. The van der Waals surface area contributed by atoms with Crippen molar-refractivity contribution in [1.29, 1.82) is 5.26 Å². The van der Waals surface area contributed by atoms with Gasteiger partial charge in [-0.05, 0) is 32.0 Å². The lowest BCUT2D eigenvalue weighted by Gasteiger charge is -2.43. The maximum Gasteiger partial charge on any atom is 0.417 e. The monoisotopic (exact) mass is 398 g/mol. The maximum atomic E-state index is 13.3. The van der Waals surface area contributed by atoms with E-state index in [1.165, 1.54) is 19.2 Å². The Morgan fingerprint density at radius 1 is 1.32 bits per heavy atom. The first-order valence-electron chi connectivity index (χ1n) is 9.17. The summed E-state index contributed by atoms with van der Waals surface area (Å²) in [6.45, 7) is 6.39. The predicted octanol–water partition coefficient (Wildman–Crippen LogP) is 3.18. The molecule has 28 heavy (non-hydrogen) atoms. The van der Waals surface area contributed by atoms with Gasteiger partial charge in [-0.3, -0.25) is 0 Å². The van der Waals surface area contributed by atoms with Crippen LogP contribution in [0.3, 0.4) is 0 Å². The second-order valence-corrected chi connectivity index (χ2v) is 6.54. The molecule has 2 amide bonds. The molecule has 1 aromatic rings. The largest absolute Gasteiger partial charge is 0.417 e. The maximum absolute atomic E-state index is 13.3. The van der Waals surface area contributed by atoms with E-state index in [1.54, 1.807) is 15.9 Å². The third-order valence-corrected chi connectivity index (χ3v) is 4.91. The van der Waals surface area contributed by atoms with Gasteiger partial charge in [-0.1, -0.05) is 0 Å². The van der Waals surface area contributed by atoms with Crippen molar-refractivity contribution in [2.45, 2.75) is 26.1 Å². The molecule has 0 bridgehead atoms. The zero-order valence-electron chi connectivity index (χ0n) is 16.3. The average molecular weight is 398 g/mol. The van der Waals surface area contributed by atoms with Gasteiger partial charge in [-0.15, -0.1) is 0 Å². The fourth-order valence-corrected chi connectivity index (χ4v) is 3.44. The number of benzene rings is 1. The molecule has 1 aromatic carbocycles. The van der Waals surface area contributed by atoms with E-state index >= 15 is 0 Å². The highest BCUT2D eigenvalue weighted by Crippen LogP contribution is 2.35. The van der Waals surface area contributed by atoms with E-state index < -0.39 is 17.3 Å². The number of amides is 2. The Bertz CT molecular complexity index is 729. The number of piperazine rings is 1. The van der Waals surface area contributed by atoms with Crippen LogP contribution in [-0.2, 0) is 10.9 Å². The third-order valence-electron chi connectivity index (χ3n) is 4.91. The number of hydrogen-bond donors (Lipinski definition) is 0. The van der Waals surface area contributed by atoms with E-state index in [0.717, 1.165) is 6.07 Å². The van der Waals surface area contributed by atoms with Crippen molar-refractivity contribution in [3.05, 3.63) is 29.3 Å². The highest BCUT2D eigenvalue weighted by Gasteiger charge is 2.36. The molecule has 9 heteroatoms. The van der Waals surface area contributed by atoms with Crippen molar-refractivity contribution < 1.29 is 22.7 Å². The van der Waals surface area contributed by atoms with Crippen molar-refractivity contribution in [3.8, 4) is 6.07 Å². The lowest BCUT2D eigenvalue weighted by molar-refractivity contribution is -0.137. The topological polar surface area (TPSA) is 59.8 Å². The fraction of sp³-hybridized carbons (Fsp3) is 0.579. The fourth-order valence-electron chi connectivity index (χ4n) is 3.44. The zero-order valence-corrected chi connectivity index (χ0v) is 16.3. The third kappa shape index (κ3) is 4.68. The quantitative estimate of drug-likeness (QED) is 0.765. The molecular weight excluding hydrogens is 373 g/mol. The standard InChI is InChI=1S/C19H25F3N4O2/c1-4-24(5-2)18(27)25-8-9-26(16(12-25)13-28-3)15-7-6-14(11-23)17(10-15)19(20,21)22/h6-7,10,16H,4-5,8-9,12-13H2,1-3H3. The molecule has 2 rings (SSSR count). The van der Waals surface area contributed by atoms with Gasteiger partial charge in [0.25, 0.3) is 0 Å². The second-order valence-electron chi connectivity index (χ2n) is 6.54. The summed E-state index contributed by atoms with van der Waals surface area (Å²) in [5, 5.41) is 8.98. The Hall–Kier alpha value is -2.47. The minimum absolute atomic E-state index is 0.0819. The number of alkyl halides is 3. The minimum Gasteiger partial charge on any atom is -0.382 e. The van der Waals surface area contributed by atoms with Crippen molar-refractivity contribution in [2.75, 3.05) is 51.3 Å². The number of ether oxygens (including phenoxy) is 1. The van der Waals surface area contributed by atoms with Gasteiger partial charge in [0.1, 0.15) is 0 Å². The molecular formula is C19H25F3N4O2. The Morgan fingerprint density at radius 2 is 2.00 bits per heavy atom. The van der Waals surface area contributed by atoms with Gasteiger partial charge in [0.2, 0.25) is 0 Å². The summed E-state index contributed by atoms with van der Waals surface area (Å²) in [5.41, 5.74) is -0.997. The average Bonchev–Trinajstić information content (AvgIpc) is 2.68. The van der Waals surface area contributed by atoms with Crippen LogP contribution in [-0.4, -0.2) is 68.3 Å². The Morgan fingerprint density at radius 3 is 2.54 bits per heavy atom. The lowest BCUT2D eigenvalue weighted by Crippen LogP contribution is -2.58. The summed E-state index contributed by atoms with van der Waals surface area (Å²) >= 11 is 0. The first-order chi connectivity index (χ1) is 13.3. The van der Waals surface area contributed by atoms with Crippen LogP contribution in [0.1, 0.15) is 25.0 Å². The molecule has 1 heterocycles. The summed E-state index contributed by atoms with van der Waals surface area (Å²) in [5.74, 6) is 0. The van der Waals surface area contributed by atoms with Gasteiger partial charge in [0.05, 0.1) is 29.8 Å². The van der Waals surface area contributed by atoms with Crippen molar-refractivity contribution >= 4 is 11.7 Å². The molecule has 0 saturated carbocycles. The molecule has 6 nitrogen and oxygen atoms in total. The molecule has 0 aromatic heterocycles. The van der Waals surface area contributed by atoms with Crippen LogP contribution in [0.5, 0.6) is 0 Å². The van der Waals surface area contributed by atoms with Gasteiger partial charge < -0.3 is 19.4 Å². The summed E-state index contributed by atoms with van der Waals surface area (Å²) in [7, 11) is 1.52. The number of carbonyl (C=O) groups excluding carboxylic acids is 1. The number of carbonyl (C=O) groups is 1. The van der Waals surface area contributed by atoms with E-state index in [-0.39, 0.29) is 18.7 Å². The summed E-state index contributed by atoms with van der Waals surface area (Å²) in [6.07, 6.45) is -4.61. The van der Waals surface area contributed by atoms with E-state index in [2.05, 4.69) is 0 Å². The molecule has 0 N–H and O–H groups in total. The molecule has 1 unspecified atom stereocenters. The molecule has 0 spiro atoms. The Balaban J connectivity index is 2.29. The number of hydrogen-bond acceptors (Lipinski definition) is 4. The molecule has 0 aliphatic carbocycles. The van der Waals surface area contributed by atoms with Crippen LogP contribution in [0, 0.1) is 11.3 Å². The Kier molecular flexibility index (Phi) is 7.13. The minimum atomic E-state index is -4.61. The normalized spacial score (nSPS) is 17.4. The van der Waals surface area contributed by atoms with E-state index in [1.807, 2.05) is 18.7 Å². The number of halogens is 3. The molecule has 1 aliphatic heterocycles. The first kappa shape index (κ1) is 21.8. The van der Waals surface area contributed by atoms with E-state index in [4.69, 9.17) is 10.00 Å². The number of urea groups is 1. The second kappa shape index (κ2) is 9.15. The van der Waals surface area contributed by atoms with Gasteiger partial charge in [0.15, 0.2) is 0 Å². The Labute approximate surface area is 163 Å². The number of nitriles is 1. The number of methoxy groups -OCH3 is 1. The molecule has 154 valence electrons. The smallest absolute Gasteiger partial charge is 0.382 e. The summed E-state index contributed by atoms with van der Waals surface area (Å²) < 4.78 is 45.2. The van der Waals surface area contributed by atoms with E-state index in [9.17, 15) is 18.0 Å². The first-order valence-corrected chi connectivity index (χ1v) is 9.17. The van der Waals surface area contributed by atoms with Crippen LogP contribution in [0.4, 0.5) is 23.7 Å². The number of rotatable bonds is 5. The van der Waals surface area contributed by atoms with Crippen LogP contribution in [0.15, 0.2) is 18.2 Å². The summed E-state index contributed by atoms with van der Waals surface area (Å²) in [4.78, 5) is 17.9. The molecule has 1 saturated heterocycles. The molecule has 1 aliphatic rings. The molecule has 0 radical (unpaired) electrons. The predicted molar refractivity (Wildman–Crippen MR) is 99.1 cm³/mol. The highest BCUT2D eigenvalue weighted by atomic mass is 19.4. The zero-order chi connectivity index (χ0) is 20.9. The van der Waals surface area contributed by atoms with Crippen molar-refractivity contribution in [2.24, 2.45) is 0 Å². The van der Waals surface area contributed by atoms with Crippen LogP contribution in [0.2, 0.25) is 0 Å². The number of nitrogens with zero attached hydrogens (tertiary/aromatic N) is 4. The SMILES string of the molecule is CCN(CC)C(=O)N1CCN(c2ccc(C#N)c(C(F)(F)F)c2)C(COC)C1. The van der Waals surface area contributed by atoms with Crippen LogP contribution < -0.4 is 4.90 Å². The van der Waals surface area contributed by atoms with Crippen LogP contribution in [0.25, 0.3) is 0 Å².